The topological polar surface area (TPSA) is 41.1 Å². The lowest BCUT2D eigenvalue weighted by Crippen LogP contribution is -2.31. The molecule has 0 unspecified atom stereocenters. The number of benzene rings is 2. The number of nitrogens with one attached hydrogen (secondary N) is 2. The summed E-state index contributed by atoms with van der Waals surface area (Å²) in [5, 5.41) is 5.82. The molecule has 0 saturated heterocycles. The highest BCUT2D eigenvalue weighted by Gasteiger charge is 2.11. The molecule has 0 spiro atoms. The largest absolute Gasteiger partial charge is 0.331 e. The van der Waals surface area contributed by atoms with Gasteiger partial charge in [-0.1, -0.05) is 41.5 Å². The molecule has 2 aromatic carbocycles. The van der Waals surface area contributed by atoms with Crippen molar-refractivity contribution in [1.29, 1.82) is 0 Å². The first-order chi connectivity index (χ1) is 9.95. The zero-order valence-electron chi connectivity index (χ0n) is 13.0. The second-order valence-corrected chi connectivity index (χ2v) is 5.55. The van der Waals surface area contributed by atoms with Gasteiger partial charge in [0.2, 0.25) is 0 Å². The van der Waals surface area contributed by atoms with Crippen molar-refractivity contribution in [3.8, 4) is 0 Å². The van der Waals surface area contributed by atoms with Gasteiger partial charge in [-0.15, -0.1) is 0 Å². The number of urea groups is 1. The van der Waals surface area contributed by atoms with Crippen molar-refractivity contribution < 1.29 is 4.79 Å². The molecular formula is C18H22N2O. The van der Waals surface area contributed by atoms with E-state index in [1.54, 1.807) is 0 Å². The van der Waals surface area contributed by atoms with Crippen molar-refractivity contribution in [3.63, 3.8) is 0 Å². The lowest BCUT2D eigenvalue weighted by atomic mass is 10.0. The van der Waals surface area contributed by atoms with E-state index in [-0.39, 0.29) is 12.1 Å². The highest BCUT2D eigenvalue weighted by molar-refractivity contribution is 5.89. The Hall–Kier alpha value is -2.29. The average molecular weight is 282 g/mol. The number of hydrogen-bond acceptors (Lipinski definition) is 1. The first-order valence-electron chi connectivity index (χ1n) is 7.17. The summed E-state index contributed by atoms with van der Waals surface area (Å²) in [6.45, 7) is 8.15. The molecule has 0 aliphatic carbocycles. The smallest absolute Gasteiger partial charge is 0.319 e. The molecule has 2 aromatic rings. The normalized spacial score (nSPS) is 11.8. The van der Waals surface area contributed by atoms with Crippen LogP contribution in [0.4, 0.5) is 10.5 Å². The molecule has 2 N–H and O–H groups in total. The molecule has 110 valence electrons. The fraction of sp³-hybridized carbons (Fsp3) is 0.278. The van der Waals surface area contributed by atoms with E-state index in [2.05, 4.69) is 42.7 Å². The van der Waals surface area contributed by atoms with Crippen LogP contribution in [0.1, 0.15) is 35.2 Å². The van der Waals surface area contributed by atoms with Crippen molar-refractivity contribution in [2.45, 2.75) is 33.7 Å². The number of hydrogen-bond donors (Lipinski definition) is 2. The van der Waals surface area contributed by atoms with Crippen molar-refractivity contribution >= 4 is 11.7 Å². The number of aryl methyl sites for hydroxylation is 3. The Morgan fingerprint density at radius 1 is 0.952 bits per heavy atom. The standard InChI is InChI=1S/C18H22N2O/c1-12-5-8-16(9-6-12)20-18(21)19-15(4)17-10-7-13(2)11-14(17)3/h5-11,15H,1-4H3,(H2,19,20,21)/t15-/m1/s1. The van der Waals surface area contributed by atoms with Gasteiger partial charge in [0.25, 0.3) is 0 Å². The Morgan fingerprint density at radius 3 is 2.19 bits per heavy atom. The van der Waals surface area contributed by atoms with Crippen LogP contribution in [0.3, 0.4) is 0 Å². The maximum atomic E-state index is 12.0. The van der Waals surface area contributed by atoms with Gasteiger partial charge in [0.15, 0.2) is 0 Å². The maximum Gasteiger partial charge on any atom is 0.319 e. The van der Waals surface area contributed by atoms with E-state index in [1.807, 2.05) is 38.1 Å². The molecule has 0 radical (unpaired) electrons. The van der Waals surface area contributed by atoms with Crippen molar-refractivity contribution in [2.75, 3.05) is 5.32 Å². The number of anilines is 1. The second-order valence-electron chi connectivity index (χ2n) is 5.55. The molecule has 3 heteroatoms. The average Bonchev–Trinajstić information content (AvgIpc) is 2.41. The van der Waals surface area contributed by atoms with Crippen LogP contribution in [0.5, 0.6) is 0 Å². The maximum absolute atomic E-state index is 12.0. The van der Waals surface area contributed by atoms with E-state index in [9.17, 15) is 4.79 Å². The van der Waals surface area contributed by atoms with Crippen molar-refractivity contribution in [1.82, 2.24) is 5.32 Å². The molecule has 0 heterocycles. The molecule has 21 heavy (non-hydrogen) atoms. The van der Waals surface area contributed by atoms with Crippen LogP contribution in [-0.2, 0) is 0 Å². The zero-order chi connectivity index (χ0) is 15.4. The summed E-state index contributed by atoms with van der Waals surface area (Å²) >= 11 is 0. The van der Waals surface area contributed by atoms with Crippen molar-refractivity contribution in [2.24, 2.45) is 0 Å². The van der Waals surface area contributed by atoms with Gasteiger partial charge in [-0.05, 0) is 51.0 Å². The molecule has 2 amide bonds. The van der Waals surface area contributed by atoms with E-state index < -0.39 is 0 Å². The molecular weight excluding hydrogens is 260 g/mol. The van der Waals surface area contributed by atoms with Crippen LogP contribution in [0, 0.1) is 20.8 Å². The van der Waals surface area contributed by atoms with Gasteiger partial charge in [-0.2, -0.15) is 0 Å². The Balaban J connectivity index is 2.00. The van der Waals surface area contributed by atoms with Gasteiger partial charge >= 0.3 is 6.03 Å². The zero-order valence-corrected chi connectivity index (χ0v) is 13.0. The SMILES string of the molecule is Cc1ccc(NC(=O)N[C@H](C)c2ccc(C)cc2C)cc1. The monoisotopic (exact) mass is 282 g/mol. The third-order valence-electron chi connectivity index (χ3n) is 3.55. The van der Waals surface area contributed by atoms with Crippen LogP contribution >= 0.6 is 0 Å². The Bertz CT molecular complexity index is 632. The Morgan fingerprint density at radius 2 is 1.57 bits per heavy atom. The Labute approximate surface area is 126 Å². The quantitative estimate of drug-likeness (QED) is 0.855. The van der Waals surface area contributed by atoms with Crippen LogP contribution in [-0.4, -0.2) is 6.03 Å². The van der Waals surface area contributed by atoms with Gasteiger partial charge in [-0.25, -0.2) is 4.79 Å². The summed E-state index contributed by atoms with van der Waals surface area (Å²) in [4.78, 5) is 12.0. The van der Waals surface area contributed by atoms with E-state index in [1.165, 1.54) is 16.7 Å². The van der Waals surface area contributed by atoms with E-state index >= 15 is 0 Å². The van der Waals surface area contributed by atoms with Gasteiger partial charge in [0.1, 0.15) is 0 Å². The first kappa shape index (κ1) is 15.1. The minimum atomic E-state index is -0.189. The lowest BCUT2D eigenvalue weighted by Gasteiger charge is -2.17. The van der Waals surface area contributed by atoms with Gasteiger partial charge in [0, 0.05) is 5.69 Å². The van der Waals surface area contributed by atoms with Crippen LogP contribution in [0.25, 0.3) is 0 Å². The highest BCUT2D eigenvalue weighted by atomic mass is 16.2. The summed E-state index contributed by atoms with van der Waals surface area (Å²) in [5.41, 5.74) is 5.53. The minimum Gasteiger partial charge on any atom is -0.331 e. The second kappa shape index (κ2) is 6.44. The third-order valence-corrected chi connectivity index (χ3v) is 3.55. The molecule has 3 nitrogen and oxygen atoms in total. The number of carbonyl (C=O) groups is 1. The number of carbonyl (C=O) groups excluding carboxylic acids is 1. The molecule has 0 saturated carbocycles. The Kier molecular flexibility index (Phi) is 4.63. The van der Waals surface area contributed by atoms with Crippen LogP contribution in [0.15, 0.2) is 42.5 Å². The fourth-order valence-electron chi connectivity index (χ4n) is 2.39. The molecule has 0 aliphatic rings. The highest BCUT2D eigenvalue weighted by Crippen LogP contribution is 2.18. The van der Waals surface area contributed by atoms with E-state index in [0.29, 0.717) is 0 Å². The summed E-state index contributed by atoms with van der Waals surface area (Å²) in [6.07, 6.45) is 0. The predicted octanol–water partition coefficient (Wildman–Crippen LogP) is 4.49. The molecule has 0 bridgehead atoms. The first-order valence-corrected chi connectivity index (χ1v) is 7.17. The molecule has 0 aliphatic heterocycles. The molecule has 0 aromatic heterocycles. The number of amides is 2. The molecule has 2 rings (SSSR count). The molecule has 0 fully saturated rings. The van der Waals surface area contributed by atoms with Crippen LogP contribution < -0.4 is 10.6 Å². The van der Waals surface area contributed by atoms with E-state index in [4.69, 9.17) is 0 Å². The minimum absolute atomic E-state index is 0.0314. The summed E-state index contributed by atoms with van der Waals surface area (Å²) < 4.78 is 0. The summed E-state index contributed by atoms with van der Waals surface area (Å²) in [6, 6.07) is 13.8. The van der Waals surface area contributed by atoms with Gasteiger partial charge in [0.05, 0.1) is 6.04 Å². The van der Waals surface area contributed by atoms with Gasteiger partial charge < -0.3 is 10.6 Å². The summed E-state index contributed by atoms with van der Waals surface area (Å²) in [7, 11) is 0. The van der Waals surface area contributed by atoms with Gasteiger partial charge in [-0.3, -0.25) is 0 Å². The summed E-state index contributed by atoms with van der Waals surface area (Å²) in [5.74, 6) is 0. The predicted molar refractivity (Wildman–Crippen MR) is 87.7 cm³/mol. The van der Waals surface area contributed by atoms with E-state index in [0.717, 1.165) is 11.3 Å². The number of rotatable bonds is 3. The third kappa shape index (κ3) is 4.09. The fourth-order valence-corrected chi connectivity index (χ4v) is 2.39. The van der Waals surface area contributed by atoms with Crippen LogP contribution in [0.2, 0.25) is 0 Å². The van der Waals surface area contributed by atoms with Crippen molar-refractivity contribution in [3.05, 3.63) is 64.7 Å². The lowest BCUT2D eigenvalue weighted by molar-refractivity contribution is 0.249. The molecule has 1 atom stereocenters.